The number of unbranched alkanes of at least 4 members (excludes halogenated alkanes) is 15. The van der Waals surface area contributed by atoms with Crippen molar-refractivity contribution in [2.24, 2.45) is 0 Å². The summed E-state index contributed by atoms with van der Waals surface area (Å²) in [7, 11) is 0. The second-order valence-electron chi connectivity index (χ2n) is 9.41. The van der Waals surface area contributed by atoms with Gasteiger partial charge in [0.1, 0.15) is 0 Å². The fourth-order valence-corrected chi connectivity index (χ4v) is 4.51. The van der Waals surface area contributed by atoms with Gasteiger partial charge in [-0.1, -0.05) is 128 Å². The quantitative estimate of drug-likeness (QED) is 0.159. The average Bonchev–Trinajstić information content (AvgIpc) is 3.09. The Kier molecular flexibility index (Phi) is 16.3. The van der Waals surface area contributed by atoms with Crippen molar-refractivity contribution >= 4 is 0 Å². The van der Waals surface area contributed by atoms with Gasteiger partial charge in [-0.2, -0.15) is 0 Å². The molecule has 0 saturated heterocycles. The zero-order valence-corrected chi connectivity index (χ0v) is 20.9. The summed E-state index contributed by atoms with van der Waals surface area (Å²) in [6.07, 6.45) is 25.8. The summed E-state index contributed by atoms with van der Waals surface area (Å²) in [5, 5.41) is 20.4. The molecule has 0 bridgehead atoms. The Morgan fingerprint density at radius 2 is 1.13 bits per heavy atom. The molecule has 1 rings (SSSR count). The van der Waals surface area contributed by atoms with Gasteiger partial charge in [0.05, 0.1) is 6.04 Å². The molecule has 180 valence electrons. The smallest absolute Gasteiger partial charge is 0.194 e. The van der Waals surface area contributed by atoms with E-state index in [9.17, 15) is 10.2 Å². The number of allylic oxidation sites excluding steroid dienone is 2. The fourth-order valence-electron chi connectivity index (χ4n) is 4.51. The van der Waals surface area contributed by atoms with Crippen LogP contribution in [0.2, 0.25) is 0 Å². The van der Waals surface area contributed by atoms with Gasteiger partial charge in [-0.25, -0.2) is 0 Å². The molecule has 0 aromatic carbocycles. The first-order valence-corrected chi connectivity index (χ1v) is 13.4. The van der Waals surface area contributed by atoms with Crippen LogP contribution in [0.25, 0.3) is 0 Å². The topological polar surface area (TPSA) is 45.4 Å². The van der Waals surface area contributed by atoms with Crippen molar-refractivity contribution in [2.75, 3.05) is 0 Å². The van der Waals surface area contributed by atoms with Crippen LogP contribution in [0.5, 0.6) is 11.8 Å². The zero-order valence-electron chi connectivity index (χ0n) is 20.9. The molecule has 3 nitrogen and oxygen atoms in total. The third-order valence-corrected chi connectivity index (χ3v) is 6.57. The van der Waals surface area contributed by atoms with Gasteiger partial charge >= 0.3 is 0 Å². The normalized spacial score (nSPS) is 13.1. The van der Waals surface area contributed by atoms with Crippen molar-refractivity contribution in [3.8, 4) is 11.8 Å². The van der Waals surface area contributed by atoms with Crippen molar-refractivity contribution in [2.45, 2.75) is 142 Å². The van der Waals surface area contributed by atoms with Crippen LogP contribution in [0.1, 0.15) is 142 Å². The number of hydrogen-bond donors (Lipinski definition) is 2. The van der Waals surface area contributed by atoms with Crippen LogP contribution < -0.4 is 0 Å². The van der Waals surface area contributed by atoms with Gasteiger partial charge in [-0.15, -0.1) is 0 Å². The van der Waals surface area contributed by atoms with Crippen LogP contribution in [0, 0.1) is 0 Å². The maximum Gasteiger partial charge on any atom is 0.194 e. The van der Waals surface area contributed by atoms with Crippen LogP contribution in [0.3, 0.4) is 0 Å². The molecule has 0 aliphatic heterocycles. The summed E-state index contributed by atoms with van der Waals surface area (Å²) in [4.78, 5) is 0. The summed E-state index contributed by atoms with van der Waals surface area (Å²) in [6, 6.07) is 3.24. The van der Waals surface area contributed by atoms with Gasteiger partial charge in [0.15, 0.2) is 11.8 Å². The standard InChI is InChI=1S/C28H51NO2/c1-4-6-8-9-10-11-12-13-14-15-16-17-18-20-22-26(25(3)21-19-7-5-2)29-27(30)23-24-28(29)31/h21,23-24,26,30-31H,4-20,22H2,1-3H3. The lowest BCUT2D eigenvalue weighted by Crippen LogP contribution is -2.10. The van der Waals surface area contributed by atoms with E-state index in [1.807, 2.05) is 0 Å². The van der Waals surface area contributed by atoms with Crippen LogP contribution in [0.15, 0.2) is 23.8 Å². The van der Waals surface area contributed by atoms with Gasteiger partial charge < -0.3 is 10.2 Å². The molecule has 0 aliphatic carbocycles. The Morgan fingerprint density at radius 1 is 0.710 bits per heavy atom. The Labute approximate surface area is 193 Å². The predicted octanol–water partition coefficient (Wildman–Crippen LogP) is 9.45. The van der Waals surface area contributed by atoms with Gasteiger partial charge in [0, 0.05) is 12.1 Å². The first kappa shape index (κ1) is 27.7. The van der Waals surface area contributed by atoms with Crippen molar-refractivity contribution in [3.63, 3.8) is 0 Å². The number of hydrogen-bond acceptors (Lipinski definition) is 2. The highest BCUT2D eigenvalue weighted by Gasteiger charge is 2.18. The van der Waals surface area contributed by atoms with Crippen LogP contribution in [-0.4, -0.2) is 14.8 Å². The molecule has 1 aromatic heterocycles. The molecule has 2 N–H and O–H groups in total. The predicted molar refractivity (Wildman–Crippen MR) is 135 cm³/mol. The van der Waals surface area contributed by atoms with E-state index in [2.05, 4.69) is 26.8 Å². The molecule has 0 fully saturated rings. The highest BCUT2D eigenvalue weighted by Crippen LogP contribution is 2.34. The average molecular weight is 434 g/mol. The first-order chi connectivity index (χ1) is 15.1. The maximum atomic E-state index is 10.2. The van der Waals surface area contributed by atoms with Crippen LogP contribution in [-0.2, 0) is 0 Å². The lowest BCUT2D eigenvalue weighted by atomic mass is 9.98. The molecular weight excluding hydrogens is 382 g/mol. The van der Waals surface area contributed by atoms with E-state index in [-0.39, 0.29) is 17.8 Å². The van der Waals surface area contributed by atoms with E-state index in [4.69, 9.17) is 0 Å². The Bertz CT molecular complexity index is 556. The van der Waals surface area contributed by atoms with E-state index >= 15 is 0 Å². The molecule has 0 aliphatic rings. The second-order valence-corrected chi connectivity index (χ2v) is 9.41. The summed E-state index contributed by atoms with van der Waals surface area (Å²) in [5.41, 5.74) is 1.25. The Morgan fingerprint density at radius 3 is 1.58 bits per heavy atom. The summed E-state index contributed by atoms with van der Waals surface area (Å²) >= 11 is 0. The summed E-state index contributed by atoms with van der Waals surface area (Å²) in [5.74, 6) is 0.326. The van der Waals surface area contributed by atoms with Gasteiger partial charge in [-0.05, 0) is 19.8 Å². The van der Waals surface area contributed by atoms with Crippen molar-refractivity contribution in [1.82, 2.24) is 4.57 Å². The minimum absolute atomic E-state index is 0.0594. The van der Waals surface area contributed by atoms with Crippen LogP contribution >= 0.6 is 0 Å². The minimum atomic E-state index is 0.0594. The number of rotatable bonds is 20. The number of aromatic nitrogens is 1. The van der Waals surface area contributed by atoms with Crippen molar-refractivity contribution in [3.05, 3.63) is 23.8 Å². The van der Waals surface area contributed by atoms with E-state index in [0.717, 1.165) is 19.3 Å². The molecule has 1 aromatic rings. The number of nitrogens with zero attached hydrogens (tertiary/aromatic N) is 1. The van der Waals surface area contributed by atoms with Gasteiger partial charge in [-0.3, -0.25) is 4.57 Å². The van der Waals surface area contributed by atoms with E-state index < -0.39 is 0 Å². The monoisotopic (exact) mass is 433 g/mol. The molecule has 1 unspecified atom stereocenters. The summed E-state index contributed by atoms with van der Waals surface area (Å²) in [6.45, 7) is 6.63. The lowest BCUT2D eigenvalue weighted by Gasteiger charge is -2.22. The van der Waals surface area contributed by atoms with Gasteiger partial charge in [0.25, 0.3) is 0 Å². The molecule has 31 heavy (non-hydrogen) atoms. The largest absolute Gasteiger partial charge is 0.494 e. The molecule has 1 atom stereocenters. The molecular formula is C28H51NO2. The van der Waals surface area contributed by atoms with Gasteiger partial charge in [0.2, 0.25) is 0 Å². The maximum absolute atomic E-state index is 10.2. The third kappa shape index (κ3) is 12.3. The van der Waals surface area contributed by atoms with Crippen molar-refractivity contribution < 1.29 is 10.2 Å². The molecule has 1 heterocycles. The lowest BCUT2D eigenvalue weighted by molar-refractivity contribution is 0.336. The molecule has 0 saturated carbocycles. The Balaban J connectivity index is 2.21. The van der Waals surface area contributed by atoms with E-state index in [1.165, 1.54) is 102 Å². The molecule has 0 amide bonds. The molecule has 0 spiro atoms. The highest BCUT2D eigenvalue weighted by atomic mass is 16.3. The first-order valence-electron chi connectivity index (χ1n) is 13.4. The second kappa shape index (κ2) is 18.2. The summed E-state index contributed by atoms with van der Waals surface area (Å²) < 4.78 is 1.69. The SMILES string of the molecule is CCCCC=C(C)C(CCCCCCCCCCCCCCCC)n1c(O)ccc1O. The zero-order chi connectivity index (χ0) is 22.7. The van der Waals surface area contributed by atoms with Crippen molar-refractivity contribution in [1.29, 1.82) is 0 Å². The van der Waals surface area contributed by atoms with E-state index in [1.54, 1.807) is 16.7 Å². The van der Waals surface area contributed by atoms with Crippen LogP contribution in [0.4, 0.5) is 0 Å². The minimum Gasteiger partial charge on any atom is -0.494 e. The third-order valence-electron chi connectivity index (χ3n) is 6.57. The fraction of sp³-hybridized carbons (Fsp3) is 0.786. The molecule has 3 heteroatoms. The van der Waals surface area contributed by atoms with E-state index in [0.29, 0.717) is 0 Å². The number of aromatic hydroxyl groups is 2. The Hall–Kier alpha value is -1.38. The molecule has 0 radical (unpaired) electrons. The highest BCUT2D eigenvalue weighted by molar-refractivity contribution is 5.28.